The van der Waals surface area contributed by atoms with Crippen molar-refractivity contribution in [3.8, 4) is 11.5 Å². The molecule has 1 aliphatic heterocycles. The number of carbonyl (C=O) groups is 2. The molecule has 0 aliphatic carbocycles. The Morgan fingerprint density at radius 1 is 1.06 bits per heavy atom. The molecular weight excluding hydrogens is 464 g/mol. The van der Waals surface area contributed by atoms with E-state index in [1.165, 1.54) is 34.4 Å². The van der Waals surface area contributed by atoms with E-state index in [0.29, 0.717) is 22.0 Å². The number of ether oxygens (including phenoxy) is 1. The Bertz CT molecular complexity index is 1490. The molecule has 0 radical (unpaired) electrons. The largest absolute Gasteiger partial charge is 0.508 e. The molecule has 0 spiro atoms. The zero-order valence-corrected chi connectivity index (χ0v) is 19.4. The van der Waals surface area contributed by atoms with Crippen molar-refractivity contribution in [2.45, 2.75) is 6.04 Å². The first-order valence-corrected chi connectivity index (χ1v) is 11.6. The van der Waals surface area contributed by atoms with Crippen molar-refractivity contribution in [3.05, 3.63) is 101 Å². The van der Waals surface area contributed by atoms with Crippen LogP contribution < -0.4 is 9.64 Å². The molecule has 2 heterocycles. The van der Waals surface area contributed by atoms with Crippen molar-refractivity contribution in [3.63, 3.8) is 0 Å². The molecule has 5 rings (SSSR count). The number of thiazole rings is 1. The summed E-state index contributed by atoms with van der Waals surface area (Å²) in [6.07, 6.45) is 2.97. The molecule has 3 aromatic carbocycles. The SMILES string of the molecule is COc1ccc2nc(N3C(=O)C(O)=C(C(=O)C=Cc4ccccc4)C3c3ccc(O)cc3)sc2c1. The van der Waals surface area contributed by atoms with Gasteiger partial charge in [0.2, 0.25) is 0 Å². The van der Waals surface area contributed by atoms with E-state index in [1.807, 2.05) is 36.4 Å². The number of hydrogen-bond donors (Lipinski definition) is 2. The van der Waals surface area contributed by atoms with Crippen LogP contribution in [-0.2, 0) is 9.59 Å². The molecule has 0 fully saturated rings. The van der Waals surface area contributed by atoms with E-state index in [0.717, 1.165) is 10.3 Å². The highest BCUT2D eigenvalue weighted by molar-refractivity contribution is 7.22. The monoisotopic (exact) mass is 484 g/mol. The molecule has 0 saturated carbocycles. The lowest BCUT2D eigenvalue weighted by atomic mass is 9.95. The molecule has 7 nitrogen and oxygen atoms in total. The fourth-order valence-electron chi connectivity index (χ4n) is 3.97. The third kappa shape index (κ3) is 4.15. The first-order chi connectivity index (χ1) is 17.0. The van der Waals surface area contributed by atoms with Gasteiger partial charge >= 0.3 is 0 Å². The van der Waals surface area contributed by atoms with Gasteiger partial charge in [0, 0.05) is 0 Å². The van der Waals surface area contributed by atoms with Crippen molar-refractivity contribution < 1.29 is 24.5 Å². The number of carbonyl (C=O) groups excluding carboxylic acids is 2. The number of aliphatic hydroxyl groups is 1. The van der Waals surface area contributed by atoms with Gasteiger partial charge < -0.3 is 14.9 Å². The fourth-order valence-corrected chi connectivity index (χ4v) is 5.00. The number of phenolic OH excluding ortho intramolecular Hbond substituents is 1. The highest BCUT2D eigenvalue weighted by atomic mass is 32.1. The smallest absolute Gasteiger partial charge is 0.296 e. The fraction of sp³-hybridized carbons (Fsp3) is 0.0741. The number of allylic oxidation sites excluding steroid dienone is 1. The Balaban J connectivity index is 1.60. The van der Waals surface area contributed by atoms with Gasteiger partial charge in [-0.05, 0) is 47.5 Å². The zero-order chi connectivity index (χ0) is 24.5. The van der Waals surface area contributed by atoms with Crippen LogP contribution in [0, 0.1) is 0 Å². The average molecular weight is 485 g/mol. The lowest BCUT2D eigenvalue weighted by Crippen LogP contribution is -2.30. The number of nitrogens with zero attached hydrogens (tertiary/aromatic N) is 2. The Morgan fingerprint density at radius 2 is 1.80 bits per heavy atom. The number of phenols is 1. The predicted octanol–water partition coefficient (Wildman–Crippen LogP) is 5.19. The molecule has 8 heteroatoms. The van der Waals surface area contributed by atoms with E-state index in [-0.39, 0.29) is 11.3 Å². The summed E-state index contributed by atoms with van der Waals surface area (Å²) >= 11 is 1.25. The summed E-state index contributed by atoms with van der Waals surface area (Å²) in [5.74, 6) is -1.14. The number of hydrogen-bond acceptors (Lipinski definition) is 7. The molecule has 4 aromatic rings. The van der Waals surface area contributed by atoms with E-state index in [2.05, 4.69) is 4.98 Å². The number of aliphatic hydroxyl groups excluding tert-OH is 1. The highest BCUT2D eigenvalue weighted by Gasteiger charge is 2.45. The summed E-state index contributed by atoms with van der Waals surface area (Å²) in [7, 11) is 1.57. The number of anilines is 1. The Morgan fingerprint density at radius 3 is 2.51 bits per heavy atom. The molecule has 0 saturated heterocycles. The van der Waals surface area contributed by atoms with Crippen LogP contribution in [0.15, 0.2) is 90.2 Å². The normalized spacial score (nSPS) is 16.0. The summed E-state index contributed by atoms with van der Waals surface area (Å²) in [6.45, 7) is 0. The minimum atomic E-state index is -0.918. The Kier molecular flexibility index (Phi) is 5.80. The van der Waals surface area contributed by atoms with Crippen molar-refractivity contribution >= 4 is 44.5 Å². The Labute approximate surface area is 204 Å². The molecule has 1 aromatic heterocycles. The molecule has 0 bridgehead atoms. The first-order valence-electron chi connectivity index (χ1n) is 10.7. The second kappa shape index (κ2) is 9.08. The molecule has 1 amide bonds. The lowest BCUT2D eigenvalue weighted by molar-refractivity contribution is -0.117. The van der Waals surface area contributed by atoms with E-state index in [4.69, 9.17) is 4.74 Å². The second-order valence-electron chi connectivity index (χ2n) is 7.87. The molecule has 1 atom stereocenters. The summed E-state index contributed by atoms with van der Waals surface area (Å²) in [4.78, 5) is 32.5. The number of methoxy groups -OCH3 is 1. The van der Waals surface area contributed by atoms with Gasteiger partial charge in [-0.3, -0.25) is 14.5 Å². The van der Waals surface area contributed by atoms with Gasteiger partial charge in [-0.1, -0.05) is 59.9 Å². The second-order valence-corrected chi connectivity index (χ2v) is 8.88. The van der Waals surface area contributed by atoms with Gasteiger partial charge in [0.1, 0.15) is 11.5 Å². The number of amides is 1. The zero-order valence-electron chi connectivity index (χ0n) is 18.6. The number of aromatic nitrogens is 1. The quantitative estimate of drug-likeness (QED) is 0.365. The number of ketones is 1. The van der Waals surface area contributed by atoms with Crippen LogP contribution in [0.5, 0.6) is 11.5 Å². The van der Waals surface area contributed by atoms with Crippen LogP contribution in [0.2, 0.25) is 0 Å². The molecule has 174 valence electrons. The van der Waals surface area contributed by atoms with Crippen molar-refractivity contribution in [1.29, 1.82) is 0 Å². The van der Waals surface area contributed by atoms with Crippen molar-refractivity contribution in [2.75, 3.05) is 12.0 Å². The van der Waals surface area contributed by atoms with E-state index < -0.39 is 23.5 Å². The average Bonchev–Trinajstić information content (AvgIpc) is 3.41. The van der Waals surface area contributed by atoms with Gasteiger partial charge in [-0.2, -0.15) is 0 Å². The molecule has 2 N–H and O–H groups in total. The van der Waals surface area contributed by atoms with Gasteiger partial charge in [0.05, 0.1) is 28.9 Å². The van der Waals surface area contributed by atoms with Crippen LogP contribution in [0.1, 0.15) is 17.2 Å². The van der Waals surface area contributed by atoms with Crippen LogP contribution in [0.4, 0.5) is 5.13 Å². The van der Waals surface area contributed by atoms with Crippen LogP contribution >= 0.6 is 11.3 Å². The third-order valence-corrected chi connectivity index (χ3v) is 6.72. The van der Waals surface area contributed by atoms with Crippen molar-refractivity contribution in [2.24, 2.45) is 0 Å². The highest BCUT2D eigenvalue weighted by Crippen LogP contribution is 2.44. The minimum absolute atomic E-state index is 0.0433. The summed E-state index contributed by atoms with van der Waals surface area (Å²) in [5.41, 5.74) is 1.97. The number of aromatic hydroxyl groups is 1. The van der Waals surface area contributed by atoms with Gasteiger partial charge in [-0.15, -0.1) is 0 Å². The number of rotatable bonds is 6. The van der Waals surface area contributed by atoms with Gasteiger partial charge in [0.15, 0.2) is 16.7 Å². The van der Waals surface area contributed by atoms with Crippen LogP contribution in [0.25, 0.3) is 16.3 Å². The van der Waals surface area contributed by atoms with E-state index in [9.17, 15) is 19.8 Å². The van der Waals surface area contributed by atoms with Gasteiger partial charge in [-0.25, -0.2) is 4.98 Å². The maximum Gasteiger partial charge on any atom is 0.296 e. The summed E-state index contributed by atoms with van der Waals surface area (Å²) in [5, 5.41) is 20.9. The molecule has 35 heavy (non-hydrogen) atoms. The van der Waals surface area contributed by atoms with Gasteiger partial charge in [0.25, 0.3) is 5.91 Å². The van der Waals surface area contributed by atoms with E-state index in [1.54, 1.807) is 37.5 Å². The molecular formula is C27H20N2O5S. The van der Waals surface area contributed by atoms with Crippen molar-refractivity contribution in [1.82, 2.24) is 4.98 Å². The van der Waals surface area contributed by atoms with E-state index >= 15 is 0 Å². The maximum atomic E-state index is 13.3. The standard InChI is InChI=1S/C27H20N2O5S/c1-34-19-12-13-20-22(15-19)35-27(28-20)29-24(17-8-10-18(30)11-9-17)23(25(32)26(29)33)21(31)14-7-16-5-3-2-4-6-16/h2-15,24,30,32H,1H3. The molecule has 1 aliphatic rings. The minimum Gasteiger partial charge on any atom is -0.508 e. The third-order valence-electron chi connectivity index (χ3n) is 5.70. The molecule has 1 unspecified atom stereocenters. The summed E-state index contributed by atoms with van der Waals surface area (Å²) in [6, 6.07) is 19.9. The van der Waals surface area contributed by atoms with Crippen LogP contribution in [-0.4, -0.2) is 34.0 Å². The first kappa shape index (κ1) is 22.4. The lowest BCUT2D eigenvalue weighted by Gasteiger charge is -2.24. The summed E-state index contributed by atoms with van der Waals surface area (Å²) < 4.78 is 6.07. The Hall–Kier alpha value is -4.43. The number of benzene rings is 3. The maximum absolute atomic E-state index is 13.3. The number of fused-ring (bicyclic) bond motifs is 1. The topological polar surface area (TPSA) is 100.0 Å². The van der Waals surface area contributed by atoms with Crippen LogP contribution in [0.3, 0.4) is 0 Å². The predicted molar refractivity (Wildman–Crippen MR) is 135 cm³/mol.